The van der Waals surface area contributed by atoms with Crippen LogP contribution in [-0.4, -0.2) is 87.5 Å². The van der Waals surface area contributed by atoms with Gasteiger partial charge in [-0.3, -0.25) is 4.79 Å². The van der Waals surface area contributed by atoms with Gasteiger partial charge in [-0.05, 0) is 64.2 Å². The predicted molar refractivity (Wildman–Crippen MR) is 341 cm³/mol. The van der Waals surface area contributed by atoms with Crippen molar-refractivity contribution in [2.45, 2.75) is 384 Å². The Kier molecular flexibility index (Phi) is 57.4. The summed E-state index contributed by atoms with van der Waals surface area (Å²) in [5.41, 5.74) is 0. The van der Waals surface area contributed by atoms with Crippen LogP contribution in [0.5, 0.6) is 0 Å². The molecule has 80 heavy (non-hydrogen) atoms. The minimum Gasteiger partial charge on any atom is -0.394 e. The molecular formula is C71H133NO8. The summed E-state index contributed by atoms with van der Waals surface area (Å²) in [5.74, 6) is -0.182. The molecule has 0 aromatic rings. The minimum absolute atomic E-state index is 0.182. The second-order valence-corrected chi connectivity index (χ2v) is 24.3. The third-order valence-electron chi connectivity index (χ3n) is 16.6. The molecule has 0 saturated carbocycles. The van der Waals surface area contributed by atoms with E-state index < -0.39 is 49.5 Å². The van der Waals surface area contributed by atoms with Crippen molar-refractivity contribution in [2.24, 2.45) is 0 Å². The van der Waals surface area contributed by atoms with E-state index in [9.17, 15) is 30.3 Å². The maximum atomic E-state index is 13.1. The normalized spacial score (nSPS) is 18.7. The lowest BCUT2D eigenvalue weighted by Gasteiger charge is -2.40. The molecule has 9 nitrogen and oxygen atoms in total. The van der Waals surface area contributed by atoms with E-state index in [1.165, 1.54) is 276 Å². The zero-order chi connectivity index (χ0) is 57.9. The lowest BCUT2D eigenvalue weighted by molar-refractivity contribution is -0.302. The molecule has 6 N–H and O–H groups in total. The van der Waals surface area contributed by atoms with Gasteiger partial charge in [0, 0.05) is 6.42 Å². The van der Waals surface area contributed by atoms with Crippen LogP contribution in [-0.2, 0) is 14.3 Å². The standard InChI is InChI=1S/C71H133NO8/c1-3-5-7-9-11-13-15-17-19-21-23-25-26-27-28-29-30-31-32-33-34-35-36-37-38-39-40-41-43-45-47-49-51-53-55-57-59-61-67(75)72-64(63-79-71-70(78)69(77)68(76)66(62-73)80-71)65(74)60-58-56-54-52-50-48-46-44-42-24-22-20-18-16-14-12-10-8-6-4-2/h28-29,31-32,50,52,58,60,64-66,68-71,73-74,76-78H,3-27,30,33-49,51,53-57,59,61-63H2,1-2H3,(H,72,75)/b29-28-,32-31-,52-50+,60-58+. The highest BCUT2D eigenvalue weighted by molar-refractivity contribution is 5.76. The summed E-state index contributed by atoms with van der Waals surface area (Å²) in [6, 6.07) is -0.823. The highest BCUT2D eigenvalue weighted by Crippen LogP contribution is 2.23. The maximum absolute atomic E-state index is 13.1. The second kappa shape index (κ2) is 60.3. The van der Waals surface area contributed by atoms with Crippen molar-refractivity contribution in [3.8, 4) is 0 Å². The van der Waals surface area contributed by atoms with Gasteiger partial charge in [0.25, 0.3) is 0 Å². The van der Waals surface area contributed by atoms with Crippen molar-refractivity contribution >= 4 is 5.91 Å². The monoisotopic (exact) mass is 1130 g/mol. The Balaban J connectivity index is 2.10. The molecule has 0 radical (unpaired) electrons. The van der Waals surface area contributed by atoms with Gasteiger partial charge in [0.15, 0.2) is 6.29 Å². The first-order chi connectivity index (χ1) is 39.3. The predicted octanol–water partition coefficient (Wildman–Crippen LogP) is 18.8. The smallest absolute Gasteiger partial charge is 0.220 e. The molecule has 0 aliphatic carbocycles. The molecule has 1 saturated heterocycles. The zero-order valence-corrected chi connectivity index (χ0v) is 52.6. The average Bonchev–Trinajstić information content (AvgIpc) is 3.46. The third-order valence-corrected chi connectivity index (χ3v) is 16.6. The minimum atomic E-state index is -1.57. The van der Waals surface area contributed by atoms with Crippen LogP contribution in [0.2, 0.25) is 0 Å². The SMILES string of the molecule is CCCCCCCCCCCCCCC/C=C\C/C=C\CCCCCCCCCCCCCCCCCCCC(=O)NC(COC1OC(CO)C(O)C(O)C1O)C(O)/C=C/CC/C=C/CCCCCCCCCCCCCCCC. The number of allylic oxidation sites excluding steroid dienone is 7. The number of hydrogen-bond donors (Lipinski definition) is 6. The molecule has 1 rings (SSSR count). The Morgan fingerprint density at radius 3 is 1.12 bits per heavy atom. The van der Waals surface area contributed by atoms with Crippen LogP contribution in [0.4, 0.5) is 0 Å². The number of aliphatic hydroxyl groups excluding tert-OH is 5. The molecule has 7 unspecified atom stereocenters. The Morgan fingerprint density at radius 2 is 0.750 bits per heavy atom. The Hall–Kier alpha value is -1.85. The molecule has 0 aromatic heterocycles. The first kappa shape index (κ1) is 76.2. The molecular weight excluding hydrogens is 995 g/mol. The molecule has 0 aromatic carbocycles. The maximum Gasteiger partial charge on any atom is 0.220 e. The number of amides is 1. The summed E-state index contributed by atoms with van der Waals surface area (Å²) in [4.78, 5) is 13.1. The van der Waals surface area contributed by atoms with E-state index in [4.69, 9.17) is 9.47 Å². The van der Waals surface area contributed by atoms with Gasteiger partial charge in [0.2, 0.25) is 5.91 Å². The van der Waals surface area contributed by atoms with E-state index in [0.717, 1.165) is 44.9 Å². The average molecular weight is 1130 g/mol. The molecule has 1 amide bonds. The van der Waals surface area contributed by atoms with E-state index in [1.807, 2.05) is 6.08 Å². The van der Waals surface area contributed by atoms with Gasteiger partial charge in [-0.1, -0.05) is 319 Å². The molecule has 1 fully saturated rings. The van der Waals surface area contributed by atoms with Gasteiger partial charge in [-0.15, -0.1) is 0 Å². The van der Waals surface area contributed by atoms with E-state index in [-0.39, 0.29) is 12.5 Å². The van der Waals surface area contributed by atoms with Gasteiger partial charge in [-0.2, -0.15) is 0 Å². The topological polar surface area (TPSA) is 149 Å². The first-order valence-corrected chi connectivity index (χ1v) is 34.9. The number of ether oxygens (including phenoxy) is 2. The van der Waals surface area contributed by atoms with Crippen molar-refractivity contribution in [3.05, 3.63) is 48.6 Å². The summed E-state index contributed by atoms with van der Waals surface area (Å²) in [7, 11) is 0. The lowest BCUT2D eigenvalue weighted by Crippen LogP contribution is -2.60. The number of unbranched alkanes of at least 4 members (excludes halogenated alkanes) is 45. The van der Waals surface area contributed by atoms with E-state index in [2.05, 4.69) is 55.6 Å². The van der Waals surface area contributed by atoms with Crippen molar-refractivity contribution in [2.75, 3.05) is 13.2 Å². The van der Waals surface area contributed by atoms with Crippen LogP contribution < -0.4 is 5.32 Å². The van der Waals surface area contributed by atoms with Crippen LogP contribution in [0, 0.1) is 0 Å². The van der Waals surface area contributed by atoms with E-state index in [0.29, 0.717) is 6.42 Å². The number of aliphatic hydroxyl groups is 5. The van der Waals surface area contributed by atoms with Crippen molar-refractivity contribution in [3.63, 3.8) is 0 Å². The van der Waals surface area contributed by atoms with Crippen molar-refractivity contribution < 1.29 is 39.8 Å². The Morgan fingerprint density at radius 1 is 0.425 bits per heavy atom. The number of carbonyl (C=O) groups excluding carboxylic acids is 1. The second-order valence-electron chi connectivity index (χ2n) is 24.3. The molecule has 1 heterocycles. The molecule has 1 aliphatic heterocycles. The lowest BCUT2D eigenvalue weighted by atomic mass is 9.99. The highest BCUT2D eigenvalue weighted by Gasteiger charge is 2.44. The third kappa shape index (κ3) is 48.5. The van der Waals surface area contributed by atoms with Gasteiger partial charge < -0.3 is 40.3 Å². The number of carbonyl (C=O) groups is 1. The van der Waals surface area contributed by atoms with Gasteiger partial charge in [0.05, 0.1) is 25.4 Å². The fourth-order valence-corrected chi connectivity index (χ4v) is 11.1. The largest absolute Gasteiger partial charge is 0.394 e. The summed E-state index contributed by atoms with van der Waals surface area (Å²) in [5, 5.41) is 54.7. The zero-order valence-electron chi connectivity index (χ0n) is 52.6. The fraction of sp³-hybridized carbons (Fsp3) is 0.873. The van der Waals surface area contributed by atoms with Crippen molar-refractivity contribution in [1.29, 1.82) is 0 Å². The molecule has 7 atom stereocenters. The Labute approximate surface area is 494 Å². The van der Waals surface area contributed by atoms with Gasteiger partial charge in [0.1, 0.15) is 24.4 Å². The first-order valence-electron chi connectivity index (χ1n) is 34.9. The number of nitrogens with one attached hydrogen (secondary N) is 1. The van der Waals surface area contributed by atoms with Crippen LogP contribution in [0.3, 0.4) is 0 Å². The Bertz CT molecular complexity index is 1400. The van der Waals surface area contributed by atoms with Crippen LogP contribution in [0.15, 0.2) is 48.6 Å². The van der Waals surface area contributed by atoms with Crippen LogP contribution in [0.25, 0.3) is 0 Å². The quantitative estimate of drug-likeness (QED) is 0.0261. The summed E-state index contributed by atoms with van der Waals surface area (Å²) >= 11 is 0. The highest BCUT2D eigenvalue weighted by atomic mass is 16.7. The molecule has 0 spiro atoms. The summed E-state index contributed by atoms with van der Waals surface area (Å²) in [6.07, 6.45) is 75.1. The molecule has 9 heteroatoms. The van der Waals surface area contributed by atoms with E-state index >= 15 is 0 Å². The van der Waals surface area contributed by atoms with Crippen molar-refractivity contribution in [1.82, 2.24) is 5.32 Å². The van der Waals surface area contributed by atoms with Crippen LogP contribution >= 0.6 is 0 Å². The summed E-state index contributed by atoms with van der Waals surface area (Å²) in [6.45, 7) is 3.81. The van der Waals surface area contributed by atoms with Gasteiger partial charge in [-0.25, -0.2) is 0 Å². The van der Waals surface area contributed by atoms with Crippen LogP contribution in [0.1, 0.15) is 341 Å². The number of hydrogen-bond acceptors (Lipinski definition) is 8. The van der Waals surface area contributed by atoms with E-state index in [1.54, 1.807) is 6.08 Å². The molecule has 1 aliphatic rings. The van der Waals surface area contributed by atoms with Gasteiger partial charge >= 0.3 is 0 Å². The molecule has 0 bridgehead atoms. The molecule has 470 valence electrons. The summed E-state index contributed by atoms with van der Waals surface area (Å²) < 4.78 is 11.3. The number of rotatable bonds is 61. The fourth-order valence-electron chi connectivity index (χ4n) is 11.1.